The van der Waals surface area contributed by atoms with E-state index in [1.54, 1.807) is 23.6 Å². The average Bonchev–Trinajstić information content (AvgIpc) is 3.13. The minimum Gasteiger partial charge on any atom is -0.439 e. The van der Waals surface area contributed by atoms with Gasteiger partial charge < -0.3 is 14.6 Å². The molecule has 1 saturated heterocycles. The molecular weight excluding hydrogens is 384 g/mol. The first kappa shape index (κ1) is 18.1. The SMILES string of the molecule is O=C(NCc1ccc(Cl)cc1)c1csc2c(=O)cc(N3CCCCC3)oc12. The normalized spacial score (nSPS) is 14.5. The van der Waals surface area contributed by atoms with Crippen molar-refractivity contribution >= 4 is 45.0 Å². The van der Waals surface area contributed by atoms with Gasteiger partial charge in [-0.3, -0.25) is 9.59 Å². The maximum atomic E-state index is 12.7. The van der Waals surface area contributed by atoms with Gasteiger partial charge >= 0.3 is 0 Å². The monoisotopic (exact) mass is 402 g/mol. The molecule has 3 heterocycles. The van der Waals surface area contributed by atoms with Crippen molar-refractivity contribution in [3.05, 3.63) is 62.1 Å². The highest BCUT2D eigenvalue weighted by Gasteiger charge is 2.20. The van der Waals surface area contributed by atoms with E-state index in [2.05, 4.69) is 10.2 Å². The van der Waals surface area contributed by atoms with Gasteiger partial charge in [0.25, 0.3) is 5.91 Å². The summed E-state index contributed by atoms with van der Waals surface area (Å²) >= 11 is 7.13. The van der Waals surface area contributed by atoms with Crippen LogP contribution >= 0.6 is 22.9 Å². The van der Waals surface area contributed by atoms with E-state index < -0.39 is 0 Å². The third-order valence-electron chi connectivity index (χ3n) is 4.71. The lowest BCUT2D eigenvalue weighted by atomic mass is 10.1. The smallest absolute Gasteiger partial charge is 0.256 e. The van der Waals surface area contributed by atoms with Crippen LogP contribution in [-0.4, -0.2) is 19.0 Å². The van der Waals surface area contributed by atoms with Crippen LogP contribution in [-0.2, 0) is 6.54 Å². The minimum atomic E-state index is -0.254. The van der Waals surface area contributed by atoms with Crippen LogP contribution in [0.25, 0.3) is 10.3 Å². The molecular formula is C20H19ClN2O3S. The molecule has 1 aromatic carbocycles. The summed E-state index contributed by atoms with van der Waals surface area (Å²) in [5.74, 6) is 0.299. The number of benzene rings is 1. The van der Waals surface area contributed by atoms with Crippen LogP contribution in [0.5, 0.6) is 0 Å². The van der Waals surface area contributed by atoms with E-state index in [1.807, 2.05) is 12.1 Å². The lowest BCUT2D eigenvalue weighted by molar-refractivity contribution is 0.0952. The van der Waals surface area contributed by atoms with Gasteiger partial charge in [0.15, 0.2) is 11.5 Å². The third-order valence-corrected chi connectivity index (χ3v) is 5.94. The maximum absolute atomic E-state index is 12.7. The molecule has 0 radical (unpaired) electrons. The van der Waals surface area contributed by atoms with E-state index in [0.29, 0.717) is 33.3 Å². The molecule has 0 aliphatic carbocycles. The molecule has 4 rings (SSSR count). The molecule has 0 bridgehead atoms. The Balaban J connectivity index is 1.59. The number of carbonyl (C=O) groups excluding carboxylic acids is 1. The van der Waals surface area contributed by atoms with Crippen LogP contribution in [0.3, 0.4) is 0 Å². The van der Waals surface area contributed by atoms with E-state index in [0.717, 1.165) is 31.5 Å². The molecule has 7 heteroatoms. The van der Waals surface area contributed by atoms with Gasteiger partial charge in [-0.2, -0.15) is 0 Å². The molecule has 140 valence electrons. The fourth-order valence-electron chi connectivity index (χ4n) is 3.24. The fourth-order valence-corrected chi connectivity index (χ4v) is 4.25. The second-order valence-electron chi connectivity index (χ2n) is 6.61. The summed E-state index contributed by atoms with van der Waals surface area (Å²) in [6.07, 6.45) is 3.36. The van der Waals surface area contributed by atoms with E-state index >= 15 is 0 Å². The Morgan fingerprint density at radius 3 is 2.67 bits per heavy atom. The first-order valence-corrected chi connectivity index (χ1v) is 10.2. The predicted molar refractivity (Wildman–Crippen MR) is 109 cm³/mol. The van der Waals surface area contributed by atoms with E-state index in [4.69, 9.17) is 16.0 Å². The van der Waals surface area contributed by atoms with Crippen LogP contribution in [0.15, 0.2) is 44.9 Å². The molecule has 0 spiro atoms. The highest BCUT2D eigenvalue weighted by Crippen LogP contribution is 2.28. The molecule has 1 fully saturated rings. The Morgan fingerprint density at radius 2 is 1.93 bits per heavy atom. The molecule has 0 saturated carbocycles. The Hall–Kier alpha value is -2.31. The Morgan fingerprint density at radius 1 is 1.19 bits per heavy atom. The largest absolute Gasteiger partial charge is 0.439 e. The Kier molecular flexibility index (Phi) is 5.18. The average molecular weight is 403 g/mol. The van der Waals surface area contributed by atoms with Crippen molar-refractivity contribution in [1.29, 1.82) is 0 Å². The highest BCUT2D eigenvalue weighted by atomic mass is 35.5. The standard InChI is InChI=1S/C20H19ClN2O3S/c21-14-6-4-13(5-7-14)11-22-20(25)15-12-27-19-16(24)10-17(26-18(15)19)23-8-2-1-3-9-23/h4-7,10,12H,1-3,8-9,11H2,(H,22,25). The Bertz CT molecular complexity index is 1020. The number of halogens is 1. The predicted octanol–water partition coefficient (Wildman–Crippen LogP) is 4.43. The minimum absolute atomic E-state index is 0.0985. The zero-order valence-corrected chi connectivity index (χ0v) is 16.2. The van der Waals surface area contributed by atoms with Crippen molar-refractivity contribution in [3.8, 4) is 0 Å². The fraction of sp³-hybridized carbons (Fsp3) is 0.300. The van der Waals surface area contributed by atoms with Crippen molar-refractivity contribution < 1.29 is 9.21 Å². The number of rotatable bonds is 4. The molecule has 0 atom stereocenters. The number of anilines is 1. The van der Waals surface area contributed by atoms with Crippen molar-refractivity contribution in [2.24, 2.45) is 0 Å². The zero-order chi connectivity index (χ0) is 18.8. The highest BCUT2D eigenvalue weighted by molar-refractivity contribution is 7.17. The number of fused-ring (bicyclic) bond motifs is 1. The second-order valence-corrected chi connectivity index (χ2v) is 7.93. The van der Waals surface area contributed by atoms with Crippen molar-refractivity contribution in [2.45, 2.75) is 25.8 Å². The van der Waals surface area contributed by atoms with Crippen molar-refractivity contribution in [1.82, 2.24) is 5.32 Å². The maximum Gasteiger partial charge on any atom is 0.256 e. The molecule has 3 aromatic rings. The first-order valence-electron chi connectivity index (χ1n) is 8.95. The summed E-state index contributed by atoms with van der Waals surface area (Å²) < 4.78 is 6.48. The van der Waals surface area contributed by atoms with Crippen LogP contribution < -0.4 is 15.6 Å². The van der Waals surface area contributed by atoms with Gasteiger partial charge in [-0.05, 0) is 37.0 Å². The number of hydrogen-bond donors (Lipinski definition) is 1. The first-order chi connectivity index (χ1) is 13.1. The lowest BCUT2D eigenvalue weighted by Crippen LogP contribution is -2.30. The number of carbonyl (C=O) groups is 1. The van der Waals surface area contributed by atoms with Crippen LogP contribution in [0.2, 0.25) is 5.02 Å². The van der Waals surface area contributed by atoms with Crippen LogP contribution in [0, 0.1) is 0 Å². The van der Waals surface area contributed by atoms with Crippen molar-refractivity contribution in [2.75, 3.05) is 18.0 Å². The molecule has 2 aromatic heterocycles. The number of hydrogen-bond acceptors (Lipinski definition) is 5. The quantitative estimate of drug-likeness (QED) is 0.701. The van der Waals surface area contributed by atoms with Crippen LogP contribution in [0.4, 0.5) is 5.88 Å². The lowest BCUT2D eigenvalue weighted by Gasteiger charge is -2.26. The van der Waals surface area contributed by atoms with E-state index in [-0.39, 0.29) is 11.3 Å². The van der Waals surface area contributed by atoms with Gasteiger partial charge in [-0.15, -0.1) is 11.3 Å². The summed E-state index contributed by atoms with van der Waals surface area (Å²) in [5.41, 5.74) is 1.63. The second kappa shape index (κ2) is 7.74. The third kappa shape index (κ3) is 3.87. The van der Waals surface area contributed by atoms with E-state index in [9.17, 15) is 9.59 Å². The summed E-state index contributed by atoms with van der Waals surface area (Å²) in [4.78, 5) is 27.2. The summed E-state index contributed by atoms with van der Waals surface area (Å²) in [6.45, 7) is 2.12. The van der Waals surface area contributed by atoms with Gasteiger partial charge in [-0.1, -0.05) is 23.7 Å². The molecule has 1 amide bonds. The van der Waals surface area contributed by atoms with Gasteiger partial charge in [0.2, 0.25) is 5.43 Å². The van der Waals surface area contributed by atoms with Gasteiger partial charge in [-0.25, -0.2) is 0 Å². The summed E-state index contributed by atoms with van der Waals surface area (Å²) in [6, 6.07) is 8.84. The number of amides is 1. The van der Waals surface area contributed by atoms with Gasteiger partial charge in [0.05, 0.1) is 5.56 Å². The molecule has 5 nitrogen and oxygen atoms in total. The summed E-state index contributed by atoms with van der Waals surface area (Å²) in [5, 5.41) is 5.22. The zero-order valence-electron chi connectivity index (χ0n) is 14.7. The number of thiophene rings is 1. The summed E-state index contributed by atoms with van der Waals surface area (Å²) in [7, 11) is 0. The van der Waals surface area contributed by atoms with Gasteiger partial charge in [0.1, 0.15) is 4.70 Å². The van der Waals surface area contributed by atoms with E-state index in [1.165, 1.54) is 17.8 Å². The topological polar surface area (TPSA) is 62.6 Å². The Labute approximate surface area is 165 Å². The molecule has 1 aliphatic rings. The molecule has 27 heavy (non-hydrogen) atoms. The number of piperidine rings is 1. The van der Waals surface area contributed by atoms with Gasteiger partial charge in [0, 0.05) is 36.1 Å². The molecule has 0 unspecified atom stereocenters. The van der Waals surface area contributed by atoms with Crippen LogP contribution in [0.1, 0.15) is 35.2 Å². The van der Waals surface area contributed by atoms with Crippen molar-refractivity contribution in [3.63, 3.8) is 0 Å². The molecule has 1 aliphatic heterocycles. The number of nitrogens with zero attached hydrogens (tertiary/aromatic N) is 1. The molecule has 1 N–H and O–H groups in total. The number of nitrogens with one attached hydrogen (secondary N) is 1.